The molecule has 0 aliphatic heterocycles. The molecule has 1 aliphatic rings. The van der Waals surface area contributed by atoms with E-state index in [2.05, 4.69) is 12.1 Å². The molecule has 0 spiro atoms. The van der Waals surface area contributed by atoms with E-state index in [-0.39, 0.29) is 5.92 Å². The van der Waals surface area contributed by atoms with Gasteiger partial charge in [-0.15, -0.1) is 0 Å². The summed E-state index contributed by atoms with van der Waals surface area (Å²) in [6.45, 7) is 1.27. The van der Waals surface area contributed by atoms with Crippen LogP contribution in [0.15, 0.2) is 60.7 Å². The van der Waals surface area contributed by atoms with Gasteiger partial charge < -0.3 is 4.74 Å². The molecule has 2 heteroatoms. The Bertz CT molecular complexity index is 562. The minimum atomic E-state index is 0.0342. The van der Waals surface area contributed by atoms with E-state index in [4.69, 9.17) is 4.74 Å². The standard InChI is InChI=1S/C18H18O2/c19-17-11-16(18(17)15-9-5-2-6-10-15)13-20-12-14-7-3-1-4-8-14/h1-10,16,18H,11-13H2/t16-,18-/m0/s1. The molecule has 1 aliphatic carbocycles. The molecule has 0 saturated heterocycles. The molecular weight excluding hydrogens is 248 g/mol. The van der Waals surface area contributed by atoms with Crippen LogP contribution in [0, 0.1) is 5.92 Å². The number of carbonyl (C=O) groups is 1. The van der Waals surface area contributed by atoms with Crippen LogP contribution in [0.3, 0.4) is 0 Å². The van der Waals surface area contributed by atoms with Crippen LogP contribution in [0.1, 0.15) is 23.5 Å². The smallest absolute Gasteiger partial charge is 0.141 e. The van der Waals surface area contributed by atoms with Crippen molar-refractivity contribution in [2.75, 3.05) is 6.61 Å². The van der Waals surface area contributed by atoms with Crippen molar-refractivity contribution in [2.45, 2.75) is 18.9 Å². The second kappa shape index (κ2) is 6.02. The molecule has 102 valence electrons. The molecule has 1 fully saturated rings. The fourth-order valence-electron chi connectivity index (χ4n) is 2.78. The maximum Gasteiger partial charge on any atom is 0.141 e. The molecule has 0 radical (unpaired) electrons. The predicted octanol–water partition coefficient (Wildman–Crippen LogP) is 3.58. The number of ketones is 1. The third-order valence-electron chi connectivity index (χ3n) is 3.88. The van der Waals surface area contributed by atoms with Gasteiger partial charge in [0, 0.05) is 18.3 Å². The fourth-order valence-corrected chi connectivity index (χ4v) is 2.78. The number of rotatable bonds is 5. The van der Waals surface area contributed by atoms with Gasteiger partial charge in [0.25, 0.3) is 0 Å². The highest BCUT2D eigenvalue weighted by Gasteiger charge is 2.40. The van der Waals surface area contributed by atoms with E-state index >= 15 is 0 Å². The van der Waals surface area contributed by atoms with Crippen LogP contribution < -0.4 is 0 Å². The van der Waals surface area contributed by atoms with Crippen LogP contribution in [0.5, 0.6) is 0 Å². The molecule has 0 N–H and O–H groups in total. The van der Waals surface area contributed by atoms with Gasteiger partial charge in [-0.2, -0.15) is 0 Å². The SMILES string of the molecule is O=C1C[C@@H](COCc2ccccc2)[C@@H]1c1ccccc1. The van der Waals surface area contributed by atoms with E-state index in [9.17, 15) is 4.79 Å². The predicted molar refractivity (Wildman–Crippen MR) is 78.4 cm³/mol. The van der Waals surface area contributed by atoms with Gasteiger partial charge in [0.1, 0.15) is 5.78 Å². The second-order valence-electron chi connectivity index (χ2n) is 5.32. The molecule has 0 unspecified atom stereocenters. The first-order valence-electron chi connectivity index (χ1n) is 7.04. The Morgan fingerprint density at radius 3 is 2.25 bits per heavy atom. The Kier molecular flexibility index (Phi) is 3.93. The largest absolute Gasteiger partial charge is 0.376 e. The highest BCUT2D eigenvalue weighted by Crippen LogP contribution is 2.39. The summed E-state index contributed by atoms with van der Waals surface area (Å²) in [6.07, 6.45) is 0.647. The van der Waals surface area contributed by atoms with Gasteiger partial charge in [-0.1, -0.05) is 60.7 Å². The van der Waals surface area contributed by atoms with Gasteiger partial charge in [-0.05, 0) is 11.1 Å². The lowest BCUT2D eigenvalue weighted by Crippen LogP contribution is -2.37. The summed E-state index contributed by atoms with van der Waals surface area (Å²) < 4.78 is 5.77. The van der Waals surface area contributed by atoms with Crippen molar-refractivity contribution in [3.05, 3.63) is 71.8 Å². The van der Waals surface area contributed by atoms with Gasteiger partial charge in [0.05, 0.1) is 13.2 Å². The third kappa shape index (κ3) is 2.81. The Balaban J connectivity index is 1.55. The van der Waals surface area contributed by atoms with Crippen molar-refractivity contribution in [3.63, 3.8) is 0 Å². The Morgan fingerprint density at radius 2 is 1.60 bits per heavy atom. The van der Waals surface area contributed by atoms with Crippen LogP contribution >= 0.6 is 0 Å². The van der Waals surface area contributed by atoms with Crippen LogP contribution in [0.25, 0.3) is 0 Å². The first kappa shape index (κ1) is 13.1. The van der Waals surface area contributed by atoms with Crippen molar-refractivity contribution in [1.29, 1.82) is 0 Å². The van der Waals surface area contributed by atoms with Gasteiger partial charge in [0.2, 0.25) is 0 Å². The lowest BCUT2D eigenvalue weighted by Gasteiger charge is -2.35. The summed E-state index contributed by atoms with van der Waals surface area (Å²) in [5.41, 5.74) is 2.30. The maximum atomic E-state index is 11.8. The Morgan fingerprint density at radius 1 is 0.950 bits per heavy atom. The topological polar surface area (TPSA) is 26.3 Å². The summed E-state index contributed by atoms with van der Waals surface area (Å²) in [7, 11) is 0. The maximum absolute atomic E-state index is 11.8. The molecule has 2 aromatic carbocycles. The average Bonchev–Trinajstić information content (AvgIpc) is 2.48. The molecule has 0 heterocycles. The number of ether oxygens (including phenoxy) is 1. The van der Waals surface area contributed by atoms with Crippen molar-refractivity contribution >= 4 is 5.78 Å². The fraction of sp³-hybridized carbons (Fsp3) is 0.278. The Hall–Kier alpha value is -1.93. The minimum absolute atomic E-state index is 0.0342. The highest BCUT2D eigenvalue weighted by atomic mass is 16.5. The second-order valence-corrected chi connectivity index (χ2v) is 5.32. The molecule has 1 saturated carbocycles. The molecule has 2 aromatic rings. The highest BCUT2D eigenvalue weighted by molar-refractivity contribution is 5.92. The van der Waals surface area contributed by atoms with Crippen molar-refractivity contribution < 1.29 is 9.53 Å². The summed E-state index contributed by atoms with van der Waals surface area (Å²) in [5.74, 6) is 0.699. The summed E-state index contributed by atoms with van der Waals surface area (Å²) in [4.78, 5) is 11.8. The van der Waals surface area contributed by atoms with E-state index in [1.165, 1.54) is 5.56 Å². The summed E-state index contributed by atoms with van der Waals surface area (Å²) in [6, 6.07) is 20.2. The first-order valence-corrected chi connectivity index (χ1v) is 7.04. The van der Waals surface area contributed by atoms with Gasteiger partial charge >= 0.3 is 0 Å². The van der Waals surface area contributed by atoms with Crippen molar-refractivity contribution in [3.8, 4) is 0 Å². The molecule has 0 bridgehead atoms. The first-order chi connectivity index (χ1) is 9.84. The molecule has 2 atom stereocenters. The van der Waals surface area contributed by atoms with Crippen LogP contribution in [-0.4, -0.2) is 12.4 Å². The summed E-state index contributed by atoms with van der Waals surface area (Å²) >= 11 is 0. The molecular formula is C18H18O2. The normalized spacial score (nSPS) is 21.5. The Labute approximate surface area is 119 Å². The van der Waals surface area contributed by atoms with Crippen LogP contribution in [-0.2, 0) is 16.1 Å². The van der Waals surface area contributed by atoms with Crippen LogP contribution in [0.2, 0.25) is 0 Å². The van der Waals surface area contributed by atoms with Gasteiger partial charge in [0.15, 0.2) is 0 Å². The minimum Gasteiger partial charge on any atom is -0.376 e. The van der Waals surface area contributed by atoms with E-state index in [0.29, 0.717) is 31.3 Å². The lowest BCUT2D eigenvalue weighted by molar-refractivity contribution is -0.132. The van der Waals surface area contributed by atoms with Crippen molar-refractivity contribution in [2.24, 2.45) is 5.92 Å². The molecule has 3 rings (SSSR count). The lowest BCUT2D eigenvalue weighted by atomic mass is 9.69. The van der Waals surface area contributed by atoms with E-state index in [0.717, 1.165) is 5.56 Å². The van der Waals surface area contributed by atoms with Gasteiger partial charge in [-0.3, -0.25) is 4.79 Å². The zero-order valence-corrected chi connectivity index (χ0v) is 11.4. The third-order valence-corrected chi connectivity index (χ3v) is 3.88. The van der Waals surface area contributed by atoms with E-state index < -0.39 is 0 Å². The van der Waals surface area contributed by atoms with Gasteiger partial charge in [-0.25, -0.2) is 0 Å². The van der Waals surface area contributed by atoms with Crippen LogP contribution in [0.4, 0.5) is 0 Å². The zero-order valence-electron chi connectivity index (χ0n) is 11.4. The van der Waals surface area contributed by atoms with Crippen molar-refractivity contribution in [1.82, 2.24) is 0 Å². The zero-order chi connectivity index (χ0) is 13.8. The van der Waals surface area contributed by atoms with E-state index in [1.807, 2.05) is 48.5 Å². The number of Topliss-reactive ketones (excluding diaryl/α,β-unsaturated/α-hetero) is 1. The quantitative estimate of drug-likeness (QED) is 0.827. The molecule has 0 amide bonds. The molecule has 20 heavy (non-hydrogen) atoms. The molecule has 0 aromatic heterocycles. The van der Waals surface area contributed by atoms with E-state index in [1.54, 1.807) is 0 Å². The summed E-state index contributed by atoms with van der Waals surface area (Å²) in [5, 5.41) is 0. The monoisotopic (exact) mass is 266 g/mol. The number of carbonyl (C=O) groups excluding carboxylic acids is 1. The number of benzene rings is 2. The number of hydrogen-bond acceptors (Lipinski definition) is 2. The number of hydrogen-bond donors (Lipinski definition) is 0. The average molecular weight is 266 g/mol. The molecule has 2 nitrogen and oxygen atoms in total.